The zero-order valence-corrected chi connectivity index (χ0v) is 17.2. The second-order valence-electron chi connectivity index (χ2n) is 7.20. The maximum Gasteiger partial charge on any atom is 0.268 e. The van der Waals surface area contributed by atoms with Crippen LogP contribution in [0.2, 0.25) is 5.02 Å². The zero-order chi connectivity index (χ0) is 22.2. The third kappa shape index (κ3) is 4.14. The number of carbonyl (C=O) groups is 2. The van der Waals surface area contributed by atoms with Crippen LogP contribution in [-0.2, 0) is 16.1 Å². The van der Waals surface area contributed by atoms with Crippen LogP contribution in [0.5, 0.6) is 0 Å². The SMILES string of the molecule is Cc1nnc(-c2ccc(N3CC[C@@](O)(C(=O)NCc4cc(F)cc(Cl)c4)C3=O)cc2)o1. The van der Waals surface area contributed by atoms with Gasteiger partial charge in [-0.1, -0.05) is 11.6 Å². The highest BCUT2D eigenvalue weighted by Gasteiger charge is 2.51. The fraction of sp³-hybridized carbons (Fsp3) is 0.238. The smallest absolute Gasteiger partial charge is 0.268 e. The van der Waals surface area contributed by atoms with Crippen LogP contribution < -0.4 is 10.2 Å². The molecule has 2 aromatic carbocycles. The number of aliphatic hydroxyl groups is 1. The Labute approximate surface area is 181 Å². The van der Waals surface area contributed by atoms with Crippen molar-refractivity contribution in [3.8, 4) is 11.5 Å². The van der Waals surface area contributed by atoms with E-state index in [-0.39, 0.29) is 24.5 Å². The van der Waals surface area contributed by atoms with E-state index in [1.807, 2.05) is 0 Å². The third-order valence-electron chi connectivity index (χ3n) is 5.00. The monoisotopic (exact) mass is 444 g/mol. The van der Waals surface area contributed by atoms with Crippen molar-refractivity contribution < 1.29 is 23.5 Å². The van der Waals surface area contributed by atoms with E-state index in [1.165, 1.54) is 17.0 Å². The summed E-state index contributed by atoms with van der Waals surface area (Å²) in [6, 6.07) is 10.6. The first-order valence-corrected chi connectivity index (χ1v) is 9.82. The van der Waals surface area contributed by atoms with Gasteiger partial charge >= 0.3 is 0 Å². The molecule has 1 saturated heterocycles. The summed E-state index contributed by atoms with van der Waals surface area (Å²) >= 11 is 5.81. The lowest BCUT2D eigenvalue weighted by molar-refractivity contribution is -0.149. The van der Waals surface area contributed by atoms with Gasteiger partial charge in [-0.25, -0.2) is 4.39 Å². The molecule has 1 aliphatic rings. The molecule has 2 amide bonds. The Bertz CT molecular complexity index is 1130. The van der Waals surface area contributed by atoms with Crippen molar-refractivity contribution in [1.29, 1.82) is 0 Å². The van der Waals surface area contributed by atoms with Gasteiger partial charge in [0.25, 0.3) is 11.8 Å². The molecule has 31 heavy (non-hydrogen) atoms. The van der Waals surface area contributed by atoms with Crippen molar-refractivity contribution in [2.75, 3.05) is 11.4 Å². The van der Waals surface area contributed by atoms with Gasteiger partial charge in [-0.15, -0.1) is 10.2 Å². The normalized spacial score (nSPS) is 18.5. The molecule has 2 heterocycles. The molecule has 0 spiro atoms. The predicted molar refractivity (Wildman–Crippen MR) is 110 cm³/mol. The van der Waals surface area contributed by atoms with Crippen molar-refractivity contribution in [3.63, 3.8) is 0 Å². The first-order valence-electron chi connectivity index (χ1n) is 9.44. The quantitative estimate of drug-likeness (QED) is 0.585. The molecule has 1 atom stereocenters. The maximum atomic E-state index is 13.4. The lowest BCUT2D eigenvalue weighted by Crippen LogP contribution is -2.52. The van der Waals surface area contributed by atoms with Gasteiger partial charge in [0.05, 0.1) is 0 Å². The maximum absolute atomic E-state index is 13.4. The number of aromatic nitrogens is 2. The van der Waals surface area contributed by atoms with E-state index in [0.717, 1.165) is 6.07 Å². The van der Waals surface area contributed by atoms with Gasteiger partial charge in [-0.2, -0.15) is 0 Å². The van der Waals surface area contributed by atoms with E-state index in [1.54, 1.807) is 31.2 Å². The molecule has 4 rings (SSSR count). The Hall–Kier alpha value is -3.30. The molecule has 160 valence electrons. The zero-order valence-electron chi connectivity index (χ0n) is 16.4. The van der Waals surface area contributed by atoms with Gasteiger partial charge in [0, 0.05) is 42.7 Å². The largest absolute Gasteiger partial charge is 0.421 e. The van der Waals surface area contributed by atoms with Gasteiger partial charge in [-0.3, -0.25) is 9.59 Å². The van der Waals surface area contributed by atoms with Crippen LogP contribution in [0, 0.1) is 12.7 Å². The summed E-state index contributed by atoms with van der Waals surface area (Å²) in [6.45, 7) is 1.76. The van der Waals surface area contributed by atoms with Crippen molar-refractivity contribution >= 4 is 29.1 Å². The highest BCUT2D eigenvalue weighted by Crippen LogP contribution is 2.30. The summed E-state index contributed by atoms with van der Waals surface area (Å²) in [5.74, 6) is -1.34. The third-order valence-corrected chi connectivity index (χ3v) is 5.22. The van der Waals surface area contributed by atoms with Crippen LogP contribution in [0.3, 0.4) is 0 Å². The predicted octanol–water partition coefficient (Wildman–Crippen LogP) is 2.62. The van der Waals surface area contributed by atoms with Crippen LogP contribution in [0.4, 0.5) is 10.1 Å². The molecular weight excluding hydrogens is 427 g/mol. The average Bonchev–Trinajstić information content (AvgIpc) is 3.30. The van der Waals surface area contributed by atoms with Crippen molar-refractivity contribution in [2.24, 2.45) is 0 Å². The van der Waals surface area contributed by atoms with E-state index in [4.69, 9.17) is 16.0 Å². The average molecular weight is 445 g/mol. The summed E-state index contributed by atoms with van der Waals surface area (Å²) in [5, 5.41) is 21.1. The van der Waals surface area contributed by atoms with Gasteiger partial charge in [0.2, 0.25) is 17.4 Å². The Morgan fingerprint density at radius 1 is 1.29 bits per heavy atom. The van der Waals surface area contributed by atoms with Crippen LogP contribution in [0.1, 0.15) is 17.9 Å². The van der Waals surface area contributed by atoms with Crippen LogP contribution >= 0.6 is 11.6 Å². The summed E-state index contributed by atoms with van der Waals surface area (Å²) in [6.07, 6.45) is -0.0772. The van der Waals surface area contributed by atoms with E-state index in [9.17, 15) is 19.1 Å². The second-order valence-corrected chi connectivity index (χ2v) is 7.64. The number of anilines is 1. The number of halogens is 2. The lowest BCUT2D eigenvalue weighted by atomic mass is 10.0. The van der Waals surface area contributed by atoms with Crippen LogP contribution in [0.15, 0.2) is 46.9 Å². The molecule has 0 aliphatic carbocycles. The van der Waals surface area contributed by atoms with Crippen LogP contribution in [0.25, 0.3) is 11.5 Å². The molecule has 0 saturated carbocycles. The fourth-order valence-corrected chi connectivity index (χ4v) is 3.65. The van der Waals surface area contributed by atoms with Crippen molar-refractivity contribution in [3.05, 3.63) is 64.8 Å². The number of nitrogens with one attached hydrogen (secondary N) is 1. The van der Waals surface area contributed by atoms with Crippen LogP contribution in [-0.4, -0.2) is 39.3 Å². The van der Waals surface area contributed by atoms with Gasteiger partial charge in [0.15, 0.2) is 0 Å². The molecule has 2 N–H and O–H groups in total. The molecule has 0 bridgehead atoms. The summed E-state index contributed by atoms with van der Waals surface area (Å²) in [4.78, 5) is 26.8. The topological polar surface area (TPSA) is 109 Å². The summed E-state index contributed by atoms with van der Waals surface area (Å²) < 4.78 is 18.8. The number of benzene rings is 2. The fourth-order valence-electron chi connectivity index (χ4n) is 3.40. The molecule has 8 nitrogen and oxygen atoms in total. The minimum Gasteiger partial charge on any atom is -0.421 e. The standard InChI is InChI=1S/C21H18ClFN4O4/c1-12-25-26-18(31-12)14-2-4-17(5-3-14)27-7-6-21(30,20(27)29)19(28)24-11-13-8-15(22)10-16(23)9-13/h2-5,8-10,30H,6-7,11H2,1H3,(H,24,28)/t21-/m1/s1. The second kappa shape index (κ2) is 8.09. The summed E-state index contributed by atoms with van der Waals surface area (Å²) in [5.41, 5.74) is -0.598. The van der Waals surface area contributed by atoms with Crippen molar-refractivity contribution in [2.45, 2.75) is 25.5 Å². The van der Waals surface area contributed by atoms with E-state index in [2.05, 4.69) is 15.5 Å². The van der Waals surface area contributed by atoms with E-state index in [0.29, 0.717) is 28.6 Å². The van der Waals surface area contributed by atoms with Crippen molar-refractivity contribution in [1.82, 2.24) is 15.5 Å². The number of nitrogens with zero attached hydrogens (tertiary/aromatic N) is 3. The number of aryl methyl sites for hydroxylation is 1. The number of amides is 2. The van der Waals surface area contributed by atoms with E-state index >= 15 is 0 Å². The minimum atomic E-state index is -2.21. The number of rotatable bonds is 5. The molecule has 1 fully saturated rings. The number of hydrogen-bond donors (Lipinski definition) is 2. The highest BCUT2D eigenvalue weighted by molar-refractivity contribution is 6.30. The Balaban J connectivity index is 1.45. The van der Waals surface area contributed by atoms with Gasteiger partial charge < -0.3 is 19.7 Å². The summed E-state index contributed by atoms with van der Waals surface area (Å²) in [7, 11) is 0. The van der Waals surface area contributed by atoms with Gasteiger partial charge in [-0.05, 0) is 48.0 Å². The Morgan fingerprint density at radius 3 is 2.68 bits per heavy atom. The highest BCUT2D eigenvalue weighted by atomic mass is 35.5. The first-order chi connectivity index (χ1) is 14.8. The first kappa shape index (κ1) is 21.0. The molecule has 0 unspecified atom stereocenters. The Morgan fingerprint density at radius 2 is 2.03 bits per heavy atom. The Kier molecular flexibility index (Phi) is 5.47. The minimum absolute atomic E-state index is 0.0772. The van der Waals surface area contributed by atoms with Gasteiger partial charge in [0.1, 0.15) is 5.82 Å². The molecule has 3 aromatic rings. The molecule has 10 heteroatoms. The molecule has 1 aromatic heterocycles. The van der Waals surface area contributed by atoms with E-state index < -0.39 is 23.2 Å². The molecule has 0 radical (unpaired) electrons. The molecule has 1 aliphatic heterocycles. The lowest BCUT2D eigenvalue weighted by Gasteiger charge is -2.22. The molecular formula is C21H18ClFN4O4. The number of carbonyl (C=O) groups excluding carboxylic acids is 2. The number of hydrogen-bond acceptors (Lipinski definition) is 6.